The molecule has 6 nitrogen and oxygen atoms in total. The molecule has 0 saturated heterocycles. The number of anilines is 1. The first-order valence-corrected chi connectivity index (χ1v) is 9.41. The van der Waals surface area contributed by atoms with Crippen LogP contribution in [0, 0.1) is 0 Å². The standard InChI is InChI=1S/C17H19ClN4O2S/c1-4-24-15(23)13-10(3)19-16-20-17(25-5-2)21-22(16)14(13)11-8-6-7-9-12(11)18/h6-9,14H,4-5H2,1-3H3,(H,19,20,21)/t14-/m1/s1. The second kappa shape index (κ2) is 7.49. The summed E-state index contributed by atoms with van der Waals surface area (Å²) >= 11 is 7.97. The number of benzene rings is 1. The van der Waals surface area contributed by atoms with Crippen LogP contribution in [0.1, 0.15) is 32.4 Å². The third-order valence-electron chi connectivity index (χ3n) is 3.80. The van der Waals surface area contributed by atoms with Crippen molar-refractivity contribution in [2.45, 2.75) is 32.0 Å². The van der Waals surface area contributed by atoms with Crippen LogP contribution in [0.15, 0.2) is 40.7 Å². The van der Waals surface area contributed by atoms with E-state index < -0.39 is 6.04 Å². The molecule has 8 heteroatoms. The lowest BCUT2D eigenvalue weighted by Gasteiger charge is -2.28. The van der Waals surface area contributed by atoms with Crippen molar-refractivity contribution in [1.29, 1.82) is 0 Å². The molecule has 1 aromatic heterocycles. The quantitative estimate of drug-likeness (QED) is 0.628. The van der Waals surface area contributed by atoms with Crippen LogP contribution in [-0.2, 0) is 9.53 Å². The highest BCUT2D eigenvalue weighted by Crippen LogP contribution is 2.39. The normalized spacial score (nSPS) is 16.4. The summed E-state index contributed by atoms with van der Waals surface area (Å²) in [6.07, 6.45) is 0. The summed E-state index contributed by atoms with van der Waals surface area (Å²) in [6, 6.07) is 6.95. The van der Waals surface area contributed by atoms with Gasteiger partial charge in [0.2, 0.25) is 11.1 Å². The molecule has 1 atom stereocenters. The number of nitrogens with zero attached hydrogens (tertiary/aromatic N) is 3. The van der Waals surface area contributed by atoms with E-state index in [0.29, 0.717) is 34.0 Å². The van der Waals surface area contributed by atoms with Crippen molar-refractivity contribution in [3.8, 4) is 0 Å². The Labute approximate surface area is 155 Å². The summed E-state index contributed by atoms with van der Waals surface area (Å²) in [5, 5.41) is 8.95. The molecule has 0 fully saturated rings. The first-order chi connectivity index (χ1) is 12.1. The Hall–Kier alpha value is -1.99. The zero-order valence-corrected chi connectivity index (χ0v) is 15.8. The molecule has 3 rings (SSSR count). The summed E-state index contributed by atoms with van der Waals surface area (Å²) in [4.78, 5) is 17.1. The third-order valence-corrected chi connectivity index (χ3v) is 4.87. The molecule has 0 aliphatic carbocycles. The molecule has 2 aromatic rings. The fraction of sp³-hybridized carbons (Fsp3) is 0.353. The van der Waals surface area contributed by atoms with Crippen molar-refractivity contribution in [2.75, 3.05) is 17.7 Å². The van der Waals surface area contributed by atoms with E-state index in [-0.39, 0.29) is 5.97 Å². The highest BCUT2D eigenvalue weighted by Gasteiger charge is 2.36. The van der Waals surface area contributed by atoms with Gasteiger partial charge in [0.05, 0.1) is 12.2 Å². The van der Waals surface area contributed by atoms with Crippen molar-refractivity contribution in [1.82, 2.24) is 14.8 Å². The molecule has 0 unspecified atom stereocenters. The van der Waals surface area contributed by atoms with Crippen LogP contribution in [0.2, 0.25) is 5.02 Å². The minimum atomic E-state index is -0.484. The summed E-state index contributed by atoms with van der Waals surface area (Å²) in [5.74, 6) is 1.06. The number of thioether (sulfide) groups is 1. The molecule has 25 heavy (non-hydrogen) atoms. The van der Waals surface area contributed by atoms with Crippen LogP contribution in [0.25, 0.3) is 0 Å². The Morgan fingerprint density at radius 1 is 1.40 bits per heavy atom. The number of halogens is 1. The number of hydrogen-bond acceptors (Lipinski definition) is 6. The largest absolute Gasteiger partial charge is 0.463 e. The molecule has 1 N–H and O–H groups in total. The van der Waals surface area contributed by atoms with Gasteiger partial charge in [-0.1, -0.05) is 48.5 Å². The number of allylic oxidation sites excluding steroid dienone is 1. The maximum absolute atomic E-state index is 12.6. The van der Waals surface area contributed by atoms with Crippen LogP contribution in [-0.4, -0.2) is 33.1 Å². The van der Waals surface area contributed by atoms with Gasteiger partial charge in [-0.25, -0.2) is 9.48 Å². The molecule has 0 amide bonds. The Bertz CT molecular complexity index is 834. The Morgan fingerprint density at radius 3 is 2.84 bits per heavy atom. The molecule has 1 aliphatic heterocycles. The summed E-state index contributed by atoms with van der Waals surface area (Å²) in [6.45, 7) is 5.95. The predicted octanol–water partition coefficient (Wildman–Crippen LogP) is 3.90. The zero-order chi connectivity index (χ0) is 18.0. The molecule has 0 radical (unpaired) electrons. The van der Waals surface area contributed by atoms with Gasteiger partial charge in [-0.05, 0) is 25.7 Å². The van der Waals surface area contributed by atoms with E-state index >= 15 is 0 Å². The lowest BCUT2D eigenvalue weighted by atomic mass is 9.96. The number of aromatic nitrogens is 3. The lowest BCUT2D eigenvalue weighted by Crippen LogP contribution is -2.29. The summed E-state index contributed by atoms with van der Waals surface area (Å²) in [7, 11) is 0. The van der Waals surface area contributed by atoms with E-state index in [9.17, 15) is 4.79 Å². The first-order valence-electron chi connectivity index (χ1n) is 8.05. The summed E-state index contributed by atoms with van der Waals surface area (Å²) in [5.41, 5.74) is 1.96. The highest BCUT2D eigenvalue weighted by atomic mass is 35.5. The second-order valence-electron chi connectivity index (χ2n) is 5.40. The van der Waals surface area contributed by atoms with Gasteiger partial charge in [0, 0.05) is 16.3 Å². The minimum absolute atomic E-state index is 0.298. The Morgan fingerprint density at radius 2 is 2.16 bits per heavy atom. The van der Waals surface area contributed by atoms with Gasteiger partial charge in [-0.15, -0.1) is 5.10 Å². The van der Waals surface area contributed by atoms with Crippen molar-refractivity contribution in [3.63, 3.8) is 0 Å². The third kappa shape index (κ3) is 3.39. The Kier molecular flexibility index (Phi) is 5.34. The van der Waals surface area contributed by atoms with Gasteiger partial charge in [-0.3, -0.25) is 0 Å². The first kappa shape index (κ1) is 17.8. The highest BCUT2D eigenvalue weighted by molar-refractivity contribution is 7.99. The van der Waals surface area contributed by atoms with E-state index in [1.807, 2.05) is 32.0 Å². The van der Waals surface area contributed by atoms with Gasteiger partial charge in [-0.2, -0.15) is 4.98 Å². The number of rotatable bonds is 5. The van der Waals surface area contributed by atoms with E-state index in [2.05, 4.69) is 15.4 Å². The van der Waals surface area contributed by atoms with Crippen molar-refractivity contribution in [3.05, 3.63) is 46.1 Å². The van der Waals surface area contributed by atoms with Crippen LogP contribution in [0.4, 0.5) is 5.95 Å². The van der Waals surface area contributed by atoms with Gasteiger partial charge < -0.3 is 10.1 Å². The lowest BCUT2D eigenvalue weighted by molar-refractivity contribution is -0.139. The van der Waals surface area contributed by atoms with E-state index in [0.717, 1.165) is 11.3 Å². The summed E-state index contributed by atoms with van der Waals surface area (Å²) < 4.78 is 6.97. The molecular formula is C17H19ClN4O2S. The number of fused-ring (bicyclic) bond motifs is 1. The maximum atomic E-state index is 12.6. The van der Waals surface area contributed by atoms with Crippen LogP contribution >= 0.6 is 23.4 Å². The van der Waals surface area contributed by atoms with Gasteiger partial charge >= 0.3 is 5.97 Å². The zero-order valence-electron chi connectivity index (χ0n) is 14.2. The van der Waals surface area contributed by atoms with Gasteiger partial charge in [0.25, 0.3) is 0 Å². The number of ether oxygens (including phenoxy) is 1. The number of nitrogens with one attached hydrogen (secondary N) is 1. The molecule has 1 aromatic carbocycles. The SMILES string of the molecule is CCOC(=O)C1=C(C)Nc2nc(SCC)nn2[C@@H]1c1ccccc1Cl. The molecular weight excluding hydrogens is 360 g/mol. The van der Waals surface area contributed by atoms with E-state index in [1.165, 1.54) is 0 Å². The molecule has 132 valence electrons. The van der Waals surface area contributed by atoms with Crippen molar-refractivity contribution in [2.24, 2.45) is 0 Å². The fourth-order valence-corrected chi connectivity index (χ4v) is 3.57. The van der Waals surface area contributed by atoms with Crippen molar-refractivity contribution < 1.29 is 9.53 Å². The second-order valence-corrected chi connectivity index (χ2v) is 7.04. The molecule has 0 saturated carbocycles. The van der Waals surface area contributed by atoms with E-state index in [1.54, 1.807) is 29.4 Å². The van der Waals surface area contributed by atoms with Crippen molar-refractivity contribution >= 4 is 35.3 Å². The van der Waals surface area contributed by atoms with Gasteiger partial charge in [0.15, 0.2) is 0 Å². The van der Waals surface area contributed by atoms with E-state index in [4.69, 9.17) is 16.3 Å². The van der Waals surface area contributed by atoms with Crippen LogP contribution in [0.3, 0.4) is 0 Å². The number of esters is 1. The average molecular weight is 379 g/mol. The fourth-order valence-electron chi connectivity index (χ4n) is 2.78. The van der Waals surface area contributed by atoms with Crippen LogP contribution < -0.4 is 5.32 Å². The minimum Gasteiger partial charge on any atom is -0.463 e. The number of carbonyl (C=O) groups is 1. The molecule has 1 aliphatic rings. The monoisotopic (exact) mass is 378 g/mol. The number of hydrogen-bond donors (Lipinski definition) is 1. The Balaban J connectivity index is 2.17. The van der Waals surface area contributed by atoms with Crippen LogP contribution in [0.5, 0.6) is 0 Å². The predicted molar refractivity (Wildman–Crippen MR) is 99.0 cm³/mol. The average Bonchev–Trinajstić information content (AvgIpc) is 2.96. The maximum Gasteiger partial charge on any atom is 0.338 e. The number of carbonyl (C=O) groups excluding carboxylic acids is 1. The smallest absolute Gasteiger partial charge is 0.338 e. The van der Waals surface area contributed by atoms with Gasteiger partial charge in [0.1, 0.15) is 6.04 Å². The topological polar surface area (TPSA) is 69.0 Å². The molecule has 0 bridgehead atoms. The molecule has 2 heterocycles. The molecule has 0 spiro atoms.